The van der Waals surface area contributed by atoms with Crippen molar-refractivity contribution in [1.29, 1.82) is 0 Å². The van der Waals surface area contributed by atoms with Crippen molar-refractivity contribution in [2.45, 2.75) is 13.3 Å². The molecule has 0 aromatic carbocycles. The smallest absolute Gasteiger partial charge is 0.146 e. The second-order valence-corrected chi connectivity index (χ2v) is 2.13. The molecule has 0 spiro atoms. The maximum atomic E-state index is 5.46. The quantitative estimate of drug-likeness (QED) is 0.602. The largest absolute Gasteiger partial charge is 0.396 e. The van der Waals surface area contributed by atoms with Gasteiger partial charge >= 0.3 is 0 Å². The zero-order valence-electron chi connectivity index (χ0n) is 5.96. The second kappa shape index (κ2) is 2.56. The third-order valence-electron chi connectivity index (χ3n) is 1.38. The molecule has 0 unspecified atom stereocenters. The first kappa shape index (κ1) is 6.86. The van der Waals surface area contributed by atoms with Crippen molar-refractivity contribution >= 4 is 11.5 Å². The molecule has 0 bridgehead atoms. The molecule has 0 aliphatic rings. The molecule has 1 heterocycles. The second-order valence-electron chi connectivity index (χ2n) is 2.13. The minimum atomic E-state index is 0.430. The molecule has 54 valence electrons. The SMILES string of the molecule is CCc1ccc(N)c(N)n1. The first-order valence-electron chi connectivity index (χ1n) is 3.25. The van der Waals surface area contributed by atoms with Crippen LogP contribution in [0.3, 0.4) is 0 Å². The predicted octanol–water partition coefficient (Wildman–Crippen LogP) is 0.808. The Morgan fingerprint density at radius 3 is 2.60 bits per heavy atom. The maximum Gasteiger partial charge on any atom is 0.146 e. The monoisotopic (exact) mass is 137 g/mol. The molecule has 0 amide bonds. The number of anilines is 2. The van der Waals surface area contributed by atoms with E-state index in [1.54, 1.807) is 6.07 Å². The van der Waals surface area contributed by atoms with E-state index in [4.69, 9.17) is 11.5 Å². The Morgan fingerprint density at radius 1 is 1.40 bits per heavy atom. The molecule has 3 nitrogen and oxygen atoms in total. The molecule has 0 aliphatic heterocycles. The van der Waals surface area contributed by atoms with Gasteiger partial charge in [-0.25, -0.2) is 4.98 Å². The summed E-state index contributed by atoms with van der Waals surface area (Å²) >= 11 is 0. The van der Waals surface area contributed by atoms with Crippen molar-refractivity contribution in [3.8, 4) is 0 Å². The Labute approximate surface area is 60.1 Å². The molecule has 0 aliphatic carbocycles. The normalized spacial score (nSPS) is 9.70. The van der Waals surface area contributed by atoms with Gasteiger partial charge < -0.3 is 11.5 Å². The third kappa shape index (κ3) is 1.18. The van der Waals surface area contributed by atoms with Crippen LogP contribution in [-0.2, 0) is 6.42 Å². The van der Waals surface area contributed by atoms with E-state index >= 15 is 0 Å². The summed E-state index contributed by atoms with van der Waals surface area (Å²) in [4.78, 5) is 4.04. The lowest BCUT2D eigenvalue weighted by Crippen LogP contribution is -1.99. The molecule has 0 saturated carbocycles. The van der Waals surface area contributed by atoms with Gasteiger partial charge in [0, 0.05) is 5.69 Å². The minimum Gasteiger partial charge on any atom is -0.396 e. The van der Waals surface area contributed by atoms with Gasteiger partial charge in [-0.05, 0) is 18.6 Å². The van der Waals surface area contributed by atoms with Gasteiger partial charge in [-0.2, -0.15) is 0 Å². The molecule has 0 saturated heterocycles. The molecule has 1 aromatic rings. The van der Waals surface area contributed by atoms with Crippen molar-refractivity contribution in [2.24, 2.45) is 0 Å². The summed E-state index contributed by atoms with van der Waals surface area (Å²) in [6.45, 7) is 2.03. The summed E-state index contributed by atoms with van der Waals surface area (Å²) in [5.74, 6) is 0.430. The van der Waals surface area contributed by atoms with Gasteiger partial charge in [0.25, 0.3) is 0 Å². The van der Waals surface area contributed by atoms with Crippen molar-refractivity contribution in [3.05, 3.63) is 17.8 Å². The van der Waals surface area contributed by atoms with Gasteiger partial charge in [-0.1, -0.05) is 6.92 Å². The molecule has 3 heteroatoms. The summed E-state index contributed by atoms with van der Waals surface area (Å²) in [6, 6.07) is 3.66. The lowest BCUT2D eigenvalue weighted by atomic mass is 10.3. The highest BCUT2D eigenvalue weighted by Gasteiger charge is 1.95. The number of pyridine rings is 1. The summed E-state index contributed by atoms with van der Waals surface area (Å²) in [6.07, 6.45) is 0.893. The molecule has 1 aromatic heterocycles. The van der Waals surface area contributed by atoms with Crippen molar-refractivity contribution in [3.63, 3.8) is 0 Å². The fraction of sp³-hybridized carbons (Fsp3) is 0.286. The highest BCUT2D eigenvalue weighted by molar-refractivity contribution is 5.57. The van der Waals surface area contributed by atoms with Crippen LogP contribution in [0.25, 0.3) is 0 Å². The van der Waals surface area contributed by atoms with Crippen LogP contribution in [0.5, 0.6) is 0 Å². The molecule has 4 N–H and O–H groups in total. The van der Waals surface area contributed by atoms with Crippen molar-refractivity contribution in [1.82, 2.24) is 4.98 Å². The zero-order valence-corrected chi connectivity index (χ0v) is 5.96. The van der Waals surface area contributed by atoms with E-state index in [0.29, 0.717) is 11.5 Å². The van der Waals surface area contributed by atoms with Crippen LogP contribution in [0.2, 0.25) is 0 Å². The Bertz CT molecular complexity index is 232. The van der Waals surface area contributed by atoms with Gasteiger partial charge in [-0.3, -0.25) is 0 Å². The number of hydrogen-bond donors (Lipinski definition) is 2. The molecule has 0 fully saturated rings. The van der Waals surface area contributed by atoms with E-state index in [-0.39, 0.29) is 0 Å². The third-order valence-corrected chi connectivity index (χ3v) is 1.38. The van der Waals surface area contributed by atoms with Crippen LogP contribution in [0.4, 0.5) is 11.5 Å². The highest BCUT2D eigenvalue weighted by atomic mass is 14.9. The Kier molecular flexibility index (Phi) is 1.76. The van der Waals surface area contributed by atoms with Gasteiger partial charge in [0.15, 0.2) is 0 Å². The van der Waals surface area contributed by atoms with Crippen LogP contribution >= 0.6 is 0 Å². The summed E-state index contributed by atoms with van der Waals surface area (Å²) in [7, 11) is 0. The highest BCUT2D eigenvalue weighted by Crippen LogP contribution is 2.10. The van der Waals surface area contributed by atoms with Crippen molar-refractivity contribution < 1.29 is 0 Å². The van der Waals surface area contributed by atoms with Gasteiger partial charge in [0.05, 0.1) is 5.69 Å². The first-order valence-corrected chi connectivity index (χ1v) is 3.25. The standard InChI is InChI=1S/C7H11N3/c1-2-5-3-4-6(8)7(9)10-5/h3-4H,2,8H2,1H3,(H2,9,10). The van der Waals surface area contributed by atoms with Crippen molar-refractivity contribution in [2.75, 3.05) is 11.5 Å². The zero-order chi connectivity index (χ0) is 7.56. The fourth-order valence-electron chi connectivity index (χ4n) is 0.725. The Hall–Kier alpha value is -1.25. The molecular formula is C7H11N3. The summed E-state index contributed by atoms with van der Waals surface area (Å²) in [5.41, 5.74) is 12.4. The molecule has 1 rings (SSSR count). The number of nitrogens with two attached hydrogens (primary N) is 2. The van der Waals surface area contributed by atoms with Gasteiger partial charge in [0.1, 0.15) is 5.82 Å². The van der Waals surface area contributed by atoms with Gasteiger partial charge in [0.2, 0.25) is 0 Å². The maximum absolute atomic E-state index is 5.46. The topological polar surface area (TPSA) is 64.9 Å². The number of nitrogens with zero attached hydrogens (tertiary/aromatic N) is 1. The lowest BCUT2D eigenvalue weighted by molar-refractivity contribution is 1.04. The van der Waals surface area contributed by atoms with E-state index in [9.17, 15) is 0 Å². The van der Waals surface area contributed by atoms with E-state index in [2.05, 4.69) is 4.98 Å². The number of rotatable bonds is 1. The number of aryl methyl sites for hydroxylation is 1. The first-order chi connectivity index (χ1) is 4.74. The van der Waals surface area contributed by atoms with Crippen LogP contribution in [-0.4, -0.2) is 4.98 Å². The van der Waals surface area contributed by atoms with E-state index in [1.807, 2.05) is 13.0 Å². The molecular weight excluding hydrogens is 126 g/mol. The molecule has 0 atom stereocenters. The minimum absolute atomic E-state index is 0.430. The Morgan fingerprint density at radius 2 is 2.10 bits per heavy atom. The molecule has 0 radical (unpaired) electrons. The average Bonchev–Trinajstić information content (AvgIpc) is 1.95. The van der Waals surface area contributed by atoms with Crippen LogP contribution in [0.15, 0.2) is 12.1 Å². The summed E-state index contributed by atoms with van der Waals surface area (Å²) < 4.78 is 0. The average molecular weight is 137 g/mol. The van der Waals surface area contributed by atoms with Crippen LogP contribution in [0.1, 0.15) is 12.6 Å². The number of aromatic nitrogens is 1. The van der Waals surface area contributed by atoms with E-state index in [1.165, 1.54) is 0 Å². The van der Waals surface area contributed by atoms with Crippen LogP contribution in [0, 0.1) is 0 Å². The molecule has 10 heavy (non-hydrogen) atoms. The van der Waals surface area contributed by atoms with Gasteiger partial charge in [-0.15, -0.1) is 0 Å². The lowest BCUT2D eigenvalue weighted by Gasteiger charge is -1.99. The number of nitrogen functional groups attached to an aromatic ring is 2. The Balaban J connectivity index is 3.04. The predicted molar refractivity (Wildman–Crippen MR) is 42.4 cm³/mol. The van der Waals surface area contributed by atoms with E-state index in [0.717, 1.165) is 12.1 Å². The number of hydrogen-bond acceptors (Lipinski definition) is 3. The van der Waals surface area contributed by atoms with Crippen LogP contribution < -0.4 is 11.5 Å². The summed E-state index contributed by atoms with van der Waals surface area (Å²) in [5, 5.41) is 0. The van der Waals surface area contributed by atoms with E-state index < -0.39 is 0 Å². The fourth-order valence-corrected chi connectivity index (χ4v) is 0.725.